The lowest BCUT2D eigenvalue weighted by molar-refractivity contribution is -0.137. The summed E-state index contributed by atoms with van der Waals surface area (Å²) in [7, 11) is 0. The van der Waals surface area contributed by atoms with E-state index in [1.165, 1.54) is 13.0 Å². The SMILES string of the molecule is CCOC(=O)C(C=Nc1ccc(F)cc1CO)=C(O)c1cc(F)c(F)cc1F. The summed E-state index contributed by atoms with van der Waals surface area (Å²) < 4.78 is 58.5. The molecule has 148 valence electrons. The van der Waals surface area contributed by atoms with Crippen molar-refractivity contribution in [1.29, 1.82) is 0 Å². The Morgan fingerprint density at radius 1 is 1.11 bits per heavy atom. The van der Waals surface area contributed by atoms with Crippen molar-refractivity contribution in [1.82, 2.24) is 0 Å². The average molecular weight is 397 g/mol. The molecule has 0 aliphatic rings. The van der Waals surface area contributed by atoms with Gasteiger partial charge in [-0.1, -0.05) is 0 Å². The van der Waals surface area contributed by atoms with Crippen LogP contribution in [-0.2, 0) is 16.1 Å². The van der Waals surface area contributed by atoms with Crippen molar-refractivity contribution in [2.24, 2.45) is 4.99 Å². The number of aliphatic hydroxyl groups is 2. The van der Waals surface area contributed by atoms with Gasteiger partial charge in [0.2, 0.25) is 0 Å². The van der Waals surface area contributed by atoms with Crippen molar-refractivity contribution >= 4 is 23.6 Å². The highest BCUT2D eigenvalue weighted by Crippen LogP contribution is 2.24. The summed E-state index contributed by atoms with van der Waals surface area (Å²) in [4.78, 5) is 16.0. The number of halogens is 4. The van der Waals surface area contributed by atoms with Gasteiger partial charge in [-0.15, -0.1) is 0 Å². The minimum atomic E-state index is -1.47. The number of ether oxygens (including phenoxy) is 1. The first kappa shape index (κ1) is 21.1. The van der Waals surface area contributed by atoms with Crippen molar-refractivity contribution in [2.75, 3.05) is 6.61 Å². The molecule has 28 heavy (non-hydrogen) atoms. The third-order valence-electron chi connectivity index (χ3n) is 3.56. The molecular formula is C19H15F4NO4. The van der Waals surface area contributed by atoms with Gasteiger partial charge in [-0.25, -0.2) is 22.4 Å². The molecule has 0 spiro atoms. The van der Waals surface area contributed by atoms with Crippen molar-refractivity contribution in [3.63, 3.8) is 0 Å². The normalized spacial score (nSPS) is 12.2. The van der Waals surface area contributed by atoms with Crippen LogP contribution in [0.4, 0.5) is 23.2 Å². The minimum absolute atomic E-state index is 0.0595. The van der Waals surface area contributed by atoms with E-state index in [1.807, 2.05) is 0 Å². The number of nitrogens with zero attached hydrogens (tertiary/aromatic N) is 1. The predicted octanol–water partition coefficient (Wildman–Crippen LogP) is 3.97. The molecule has 5 nitrogen and oxygen atoms in total. The number of esters is 1. The number of aliphatic hydroxyl groups excluding tert-OH is 2. The predicted molar refractivity (Wildman–Crippen MR) is 93.0 cm³/mol. The number of hydrogen-bond acceptors (Lipinski definition) is 5. The molecule has 0 aliphatic carbocycles. The van der Waals surface area contributed by atoms with E-state index >= 15 is 0 Å². The van der Waals surface area contributed by atoms with Gasteiger partial charge >= 0.3 is 5.97 Å². The molecule has 2 aromatic rings. The minimum Gasteiger partial charge on any atom is -0.506 e. The molecular weight excluding hydrogens is 382 g/mol. The smallest absolute Gasteiger partial charge is 0.343 e. The second kappa shape index (κ2) is 9.14. The van der Waals surface area contributed by atoms with Crippen molar-refractivity contribution in [2.45, 2.75) is 13.5 Å². The maximum Gasteiger partial charge on any atom is 0.343 e. The number of rotatable bonds is 6. The Bertz CT molecular complexity index is 957. The Labute approximate surface area is 157 Å². The molecule has 2 rings (SSSR count). The van der Waals surface area contributed by atoms with Gasteiger partial charge in [0.15, 0.2) is 11.6 Å². The van der Waals surface area contributed by atoms with E-state index in [2.05, 4.69) is 4.99 Å². The highest BCUT2D eigenvalue weighted by atomic mass is 19.2. The second-order valence-corrected chi connectivity index (χ2v) is 5.42. The van der Waals surface area contributed by atoms with E-state index in [4.69, 9.17) is 4.74 Å². The highest BCUT2D eigenvalue weighted by molar-refractivity contribution is 6.15. The monoisotopic (exact) mass is 397 g/mol. The largest absolute Gasteiger partial charge is 0.506 e. The fourth-order valence-corrected chi connectivity index (χ4v) is 2.21. The Balaban J connectivity index is 2.58. The second-order valence-electron chi connectivity index (χ2n) is 5.42. The zero-order valence-corrected chi connectivity index (χ0v) is 14.5. The Morgan fingerprint density at radius 2 is 1.79 bits per heavy atom. The molecule has 0 atom stereocenters. The van der Waals surface area contributed by atoms with Crippen LogP contribution in [0.3, 0.4) is 0 Å². The van der Waals surface area contributed by atoms with Crippen LogP contribution in [0.5, 0.6) is 0 Å². The van der Waals surface area contributed by atoms with Crippen LogP contribution in [0.15, 0.2) is 40.9 Å². The molecule has 0 aliphatic heterocycles. The van der Waals surface area contributed by atoms with Gasteiger partial charge < -0.3 is 14.9 Å². The standard InChI is InChI=1S/C19H15F4NO4/c1-2-28-19(27)13(8-24-17-4-3-11(20)5-10(17)9-25)18(26)12-6-15(22)16(23)7-14(12)21/h3-8,25-26H,2,9H2,1H3. The number of aliphatic imine (C=N–C) groups is 1. The fourth-order valence-electron chi connectivity index (χ4n) is 2.21. The lowest BCUT2D eigenvalue weighted by Crippen LogP contribution is -2.12. The van der Waals surface area contributed by atoms with Crippen LogP contribution < -0.4 is 0 Å². The fraction of sp³-hybridized carbons (Fsp3) is 0.158. The maximum atomic E-state index is 13.9. The van der Waals surface area contributed by atoms with Gasteiger partial charge in [-0.2, -0.15) is 0 Å². The Hall–Kier alpha value is -3.20. The van der Waals surface area contributed by atoms with Gasteiger partial charge in [0.05, 0.1) is 24.5 Å². The molecule has 0 amide bonds. The molecule has 9 heteroatoms. The highest BCUT2D eigenvalue weighted by Gasteiger charge is 2.21. The lowest BCUT2D eigenvalue weighted by Gasteiger charge is -2.09. The van der Waals surface area contributed by atoms with Crippen molar-refractivity contribution < 1.29 is 37.3 Å². The summed E-state index contributed by atoms with van der Waals surface area (Å²) >= 11 is 0. The summed E-state index contributed by atoms with van der Waals surface area (Å²) in [5.74, 6) is -7.00. The summed E-state index contributed by atoms with van der Waals surface area (Å²) in [6.07, 6.45) is 0.792. The summed E-state index contributed by atoms with van der Waals surface area (Å²) in [6.45, 7) is 0.820. The summed E-state index contributed by atoms with van der Waals surface area (Å²) in [5.41, 5.74) is -1.29. The van der Waals surface area contributed by atoms with E-state index in [1.54, 1.807) is 0 Å². The average Bonchev–Trinajstić information content (AvgIpc) is 2.65. The van der Waals surface area contributed by atoms with Crippen LogP contribution in [0, 0.1) is 23.3 Å². The first-order valence-electron chi connectivity index (χ1n) is 7.97. The first-order valence-corrected chi connectivity index (χ1v) is 7.97. The molecule has 0 saturated heterocycles. The topological polar surface area (TPSA) is 79.1 Å². The van der Waals surface area contributed by atoms with E-state index < -0.39 is 52.7 Å². The summed E-state index contributed by atoms with van der Waals surface area (Å²) in [6, 6.07) is 3.86. The number of carbonyl (C=O) groups excluding carboxylic acids is 1. The van der Waals surface area contributed by atoms with Gasteiger partial charge in [-0.05, 0) is 31.2 Å². The van der Waals surface area contributed by atoms with Crippen LogP contribution in [0.25, 0.3) is 5.76 Å². The Kier molecular flexibility index (Phi) is 6.89. The van der Waals surface area contributed by atoms with Crippen molar-refractivity contribution in [3.05, 3.63) is 70.3 Å². The maximum absolute atomic E-state index is 13.9. The molecule has 2 N–H and O–H groups in total. The molecule has 0 unspecified atom stereocenters. The molecule has 0 heterocycles. The first-order chi connectivity index (χ1) is 13.3. The number of hydrogen-bond donors (Lipinski definition) is 2. The zero-order chi connectivity index (χ0) is 20.8. The molecule has 2 aromatic carbocycles. The number of carbonyl (C=O) groups is 1. The van der Waals surface area contributed by atoms with E-state index in [0.717, 1.165) is 18.3 Å². The van der Waals surface area contributed by atoms with Crippen LogP contribution in [0.1, 0.15) is 18.1 Å². The molecule has 0 aromatic heterocycles. The van der Waals surface area contributed by atoms with Crippen LogP contribution in [-0.4, -0.2) is 29.0 Å². The molecule has 0 saturated carbocycles. The third-order valence-corrected chi connectivity index (χ3v) is 3.56. The van der Waals surface area contributed by atoms with Crippen LogP contribution in [0.2, 0.25) is 0 Å². The van der Waals surface area contributed by atoms with Gasteiger partial charge in [0, 0.05) is 17.8 Å². The quantitative estimate of drug-likeness (QED) is 0.193. The zero-order valence-electron chi connectivity index (χ0n) is 14.5. The Morgan fingerprint density at radius 3 is 2.43 bits per heavy atom. The van der Waals surface area contributed by atoms with Gasteiger partial charge in [-0.3, -0.25) is 4.99 Å². The van der Waals surface area contributed by atoms with E-state index in [0.29, 0.717) is 6.07 Å². The van der Waals surface area contributed by atoms with Crippen LogP contribution >= 0.6 is 0 Å². The van der Waals surface area contributed by atoms with Gasteiger partial charge in [0.1, 0.15) is 23.0 Å². The van der Waals surface area contributed by atoms with Crippen molar-refractivity contribution in [3.8, 4) is 0 Å². The molecule has 0 radical (unpaired) electrons. The lowest BCUT2D eigenvalue weighted by atomic mass is 10.1. The van der Waals surface area contributed by atoms with Gasteiger partial charge in [0.25, 0.3) is 0 Å². The van der Waals surface area contributed by atoms with E-state index in [9.17, 15) is 32.6 Å². The third kappa shape index (κ3) is 4.74. The number of benzene rings is 2. The summed E-state index contributed by atoms with van der Waals surface area (Å²) in [5, 5.41) is 19.5. The van der Waals surface area contributed by atoms with E-state index in [-0.39, 0.29) is 23.9 Å². The molecule has 0 bridgehead atoms. The molecule has 0 fully saturated rings.